The Hall–Kier alpha value is -3.07. The fourth-order valence-corrected chi connectivity index (χ4v) is 2.49. The van der Waals surface area contributed by atoms with Crippen LogP contribution in [-0.2, 0) is 7.05 Å². The van der Waals surface area contributed by atoms with Crippen molar-refractivity contribution in [3.05, 3.63) is 46.0 Å². The SMILES string of the molecule is CN(C)C(=O)n1c(=O)n(C)c2cnc(OCCOc3ccc(Cl)cc3)nc21. The molecule has 3 aromatic rings. The smallest absolute Gasteiger partial charge is 0.338 e. The van der Waals surface area contributed by atoms with Crippen molar-refractivity contribution < 1.29 is 14.3 Å². The highest BCUT2D eigenvalue weighted by Gasteiger charge is 2.20. The maximum Gasteiger partial charge on any atom is 0.338 e. The van der Waals surface area contributed by atoms with Crippen LogP contribution < -0.4 is 15.2 Å². The number of aryl methyl sites for hydroxylation is 1. The van der Waals surface area contributed by atoms with E-state index in [1.807, 2.05) is 0 Å². The van der Waals surface area contributed by atoms with E-state index in [2.05, 4.69) is 9.97 Å². The van der Waals surface area contributed by atoms with Crippen molar-refractivity contribution in [2.75, 3.05) is 27.3 Å². The van der Waals surface area contributed by atoms with Crippen LogP contribution in [0, 0.1) is 0 Å². The van der Waals surface area contributed by atoms with Gasteiger partial charge in [0, 0.05) is 26.2 Å². The maximum atomic E-state index is 12.3. The van der Waals surface area contributed by atoms with Gasteiger partial charge in [0.25, 0.3) is 0 Å². The number of imidazole rings is 1. The summed E-state index contributed by atoms with van der Waals surface area (Å²) in [6.45, 7) is 0.452. The standard InChI is InChI=1S/C17H18ClN5O4/c1-21(2)16(24)23-14-13(22(3)17(23)25)10-19-15(20-14)27-9-8-26-12-6-4-11(18)5-7-12/h4-7,10H,8-9H2,1-3H3. The molecule has 1 aromatic carbocycles. The predicted octanol–water partition coefficient (Wildman–Crippen LogP) is 1.77. The van der Waals surface area contributed by atoms with Crippen LogP contribution in [0.3, 0.4) is 0 Å². The average molecular weight is 392 g/mol. The topological polar surface area (TPSA) is 91.5 Å². The monoisotopic (exact) mass is 391 g/mol. The predicted molar refractivity (Wildman–Crippen MR) is 99.7 cm³/mol. The molecule has 0 unspecified atom stereocenters. The van der Waals surface area contributed by atoms with Crippen LogP contribution in [0.25, 0.3) is 11.2 Å². The molecule has 0 radical (unpaired) electrons. The third-order valence-electron chi connectivity index (χ3n) is 3.75. The van der Waals surface area contributed by atoms with E-state index < -0.39 is 11.7 Å². The first-order valence-corrected chi connectivity index (χ1v) is 8.43. The number of hydrogen-bond acceptors (Lipinski definition) is 6. The first-order valence-electron chi connectivity index (χ1n) is 8.06. The van der Waals surface area contributed by atoms with Gasteiger partial charge in [-0.3, -0.25) is 4.57 Å². The van der Waals surface area contributed by atoms with Gasteiger partial charge in [-0.2, -0.15) is 9.55 Å². The van der Waals surface area contributed by atoms with Crippen LogP contribution in [0.2, 0.25) is 5.02 Å². The molecule has 2 heterocycles. The second-order valence-corrected chi connectivity index (χ2v) is 6.30. The fourth-order valence-electron chi connectivity index (χ4n) is 2.36. The molecule has 3 rings (SSSR count). The van der Waals surface area contributed by atoms with Gasteiger partial charge >= 0.3 is 17.7 Å². The van der Waals surface area contributed by atoms with E-state index in [4.69, 9.17) is 21.1 Å². The lowest BCUT2D eigenvalue weighted by atomic mass is 10.3. The summed E-state index contributed by atoms with van der Waals surface area (Å²) in [4.78, 5) is 34.2. The van der Waals surface area contributed by atoms with E-state index in [1.165, 1.54) is 15.7 Å². The van der Waals surface area contributed by atoms with Crippen molar-refractivity contribution >= 4 is 28.8 Å². The molecule has 0 atom stereocenters. The minimum atomic E-state index is -0.499. The molecular weight excluding hydrogens is 374 g/mol. The second kappa shape index (κ2) is 7.67. The van der Waals surface area contributed by atoms with E-state index in [1.54, 1.807) is 45.4 Å². The zero-order valence-corrected chi connectivity index (χ0v) is 15.8. The van der Waals surface area contributed by atoms with E-state index in [-0.39, 0.29) is 24.9 Å². The molecule has 0 aliphatic rings. The fraction of sp³-hybridized carbons (Fsp3) is 0.294. The van der Waals surface area contributed by atoms with Crippen molar-refractivity contribution in [1.29, 1.82) is 0 Å². The van der Waals surface area contributed by atoms with E-state index in [0.717, 1.165) is 4.57 Å². The number of benzene rings is 1. The summed E-state index contributed by atoms with van der Waals surface area (Å²) in [5, 5.41) is 0.626. The van der Waals surface area contributed by atoms with E-state index in [9.17, 15) is 9.59 Å². The summed E-state index contributed by atoms with van der Waals surface area (Å²) >= 11 is 5.82. The summed E-state index contributed by atoms with van der Waals surface area (Å²) in [7, 11) is 4.66. The molecule has 142 valence electrons. The third kappa shape index (κ3) is 3.87. The minimum Gasteiger partial charge on any atom is -0.490 e. The van der Waals surface area contributed by atoms with Crippen LogP contribution in [0.4, 0.5) is 4.79 Å². The van der Waals surface area contributed by atoms with Crippen molar-refractivity contribution in [2.45, 2.75) is 0 Å². The highest BCUT2D eigenvalue weighted by Crippen LogP contribution is 2.16. The number of nitrogens with zero attached hydrogens (tertiary/aromatic N) is 5. The lowest BCUT2D eigenvalue weighted by molar-refractivity contribution is 0.206. The summed E-state index contributed by atoms with van der Waals surface area (Å²) in [6.07, 6.45) is 1.44. The van der Waals surface area contributed by atoms with Crippen LogP contribution in [0.1, 0.15) is 0 Å². The first-order chi connectivity index (χ1) is 12.9. The molecule has 2 aromatic heterocycles. The van der Waals surface area contributed by atoms with Gasteiger partial charge in [-0.15, -0.1) is 0 Å². The van der Waals surface area contributed by atoms with Crippen LogP contribution in [-0.4, -0.2) is 57.3 Å². The Morgan fingerprint density at radius 1 is 1.19 bits per heavy atom. The molecule has 0 aliphatic carbocycles. The third-order valence-corrected chi connectivity index (χ3v) is 4.00. The number of amides is 1. The second-order valence-electron chi connectivity index (χ2n) is 5.87. The molecule has 1 amide bonds. The summed E-state index contributed by atoms with van der Waals surface area (Å²) < 4.78 is 13.3. The van der Waals surface area contributed by atoms with Gasteiger partial charge < -0.3 is 14.4 Å². The van der Waals surface area contributed by atoms with Crippen molar-refractivity contribution in [3.8, 4) is 11.8 Å². The zero-order chi connectivity index (χ0) is 19.6. The van der Waals surface area contributed by atoms with Crippen LogP contribution in [0.15, 0.2) is 35.3 Å². The molecule has 27 heavy (non-hydrogen) atoms. The Kier molecular flexibility index (Phi) is 5.31. The summed E-state index contributed by atoms with van der Waals surface area (Å²) in [5.41, 5.74) is 0.117. The minimum absolute atomic E-state index is 0.0492. The number of carbonyl (C=O) groups is 1. The van der Waals surface area contributed by atoms with Crippen molar-refractivity contribution in [2.24, 2.45) is 7.05 Å². The Bertz CT molecular complexity index is 1030. The Morgan fingerprint density at radius 2 is 1.85 bits per heavy atom. The van der Waals surface area contributed by atoms with Gasteiger partial charge in [0.15, 0.2) is 5.65 Å². The number of rotatable bonds is 5. The van der Waals surface area contributed by atoms with Crippen LogP contribution in [0.5, 0.6) is 11.8 Å². The molecule has 0 saturated carbocycles. The highest BCUT2D eigenvalue weighted by molar-refractivity contribution is 6.30. The van der Waals surface area contributed by atoms with Gasteiger partial charge in [0.2, 0.25) is 0 Å². The maximum absolute atomic E-state index is 12.3. The lowest BCUT2D eigenvalue weighted by Crippen LogP contribution is -2.35. The average Bonchev–Trinajstić information content (AvgIpc) is 2.90. The van der Waals surface area contributed by atoms with Gasteiger partial charge in [0.1, 0.15) is 24.5 Å². The molecule has 0 aliphatic heterocycles. The largest absolute Gasteiger partial charge is 0.490 e. The van der Waals surface area contributed by atoms with Gasteiger partial charge in [-0.05, 0) is 24.3 Å². The highest BCUT2D eigenvalue weighted by atomic mass is 35.5. The molecule has 0 spiro atoms. The molecular formula is C17H18ClN5O4. The lowest BCUT2D eigenvalue weighted by Gasteiger charge is -2.10. The number of carbonyl (C=O) groups excluding carboxylic acids is 1. The molecule has 0 saturated heterocycles. The van der Waals surface area contributed by atoms with Crippen LogP contribution >= 0.6 is 11.6 Å². The number of ether oxygens (including phenoxy) is 2. The van der Waals surface area contributed by atoms with Gasteiger partial charge in [0.05, 0.1) is 6.20 Å². The Labute approximate surface area is 159 Å². The first kappa shape index (κ1) is 18.7. The number of aromatic nitrogens is 4. The molecule has 0 bridgehead atoms. The summed E-state index contributed by atoms with van der Waals surface area (Å²) in [5.74, 6) is 0.660. The quantitative estimate of drug-likeness (QED) is 0.615. The summed E-state index contributed by atoms with van der Waals surface area (Å²) in [6, 6.07) is 6.51. The van der Waals surface area contributed by atoms with Crippen molar-refractivity contribution in [1.82, 2.24) is 24.0 Å². The van der Waals surface area contributed by atoms with Crippen molar-refractivity contribution in [3.63, 3.8) is 0 Å². The van der Waals surface area contributed by atoms with Gasteiger partial charge in [-0.1, -0.05) is 11.6 Å². The Balaban J connectivity index is 1.74. The van der Waals surface area contributed by atoms with Gasteiger partial charge in [-0.25, -0.2) is 14.6 Å². The normalized spacial score (nSPS) is 10.8. The number of halogens is 1. The molecule has 9 nitrogen and oxygen atoms in total. The molecule has 0 N–H and O–H groups in total. The number of fused-ring (bicyclic) bond motifs is 1. The molecule has 10 heteroatoms. The number of hydrogen-bond donors (Lipinski definition) is 0. The van der Waals surface area contributed by atoms with E-state index in [0.29, 0.717) is 16.3 Å². The van der Waals surface area contributed by atoms with E-state index >= 15 is 0 Å². The molecule has 0 fully saturated rings. The zero-order valence-electron chi connectivity index (χ0n) is 15.0. The Morgan fingerprint density at radius 3 is 2.52 bits per heavy atom.